The number of ether oxygens (including phenoxy) is 1. The zero-order valence-electron chi connectivity index (χ0n) is 30.3. The van der Waals surface area contributed by atoms with E-state index in [0.717, 1.165) is 61.9 Å². The van der Waals surface area contributed by atoms with Crippen molar-refractivity contribution in [2.45, 2.75) is 127 Å². The second-order valence-electron chi connectivity index (χ2n) is 15.7. The summed E-state index contributed by atoms with van der Waals surface area (Å²) in [5.74, 6) is -0.584. The lowest BCUT2D eigenvalue weighted by Gasteiger charge is -2.37. The molecule has 4 atom stereocenters. The average Bonchev–Trinajstić information content (AvgIpc) is 3.86. The fraction of sp³-hybridized carbons (Fsp3) is 0.675. The Morgan fingerprint density at radius 1 is 1.02 bits per heavy atom. The maximum atomic E-state index is 14.5. The molecule has 1 saturated carbocycles. The number of thiazole rings is 1. The van der Waals surface area contributed by atoms with E-state index in [1.54, 1.807) is 5.38 Å². The number of aromatic nitrogens is 1. The highest BCUT2D eigenvalue weighted by molar-refractivity contribution is 7.09. The van der Waals surface area contributed by atoms with E-state index in [0.29, 0.717) is 5.69 Å². The molecule has 6 aliphatic rings. The van der Waals surface area contributed by atoms with Crippen LogP contribution in [0.4, 0.5) is 4.39 Å². The van der Waals surface area contributed by atoms with Gasteiger partial charge in [-0.15, -0.1) is 11.3 Å². The molecule has 0 bridgehead atoms. The van der Waals surface area contributed by atoms with Crippen LogP contribution >= 0.6 is 11.3 Å². The number of nitrogens with zero attached hydrogens (tertiary/aromatic N) is 3. The second kappa shape index (κ2) is 17.3. The van der Waals surface area contributed by atoms with Crippen LogP contribution < -0.4 is 16.0 Å². The molecule has 3 aliphatic carbocycles. The number of allylic oxidation sites excluding steroid dienone is 5. The quantitative estimate of drug-likeness (QED) is 0.247. The Hall–Kier alpha value is -2.86. The highest BCUT2D eigenvalue weighted by Crippen LogP contribution is 2.34. The summed E-state index contributed by atoms with van der Waals surface area (Å²) < 4.78 is 21.0. The molecular formula is C40H57FN6O3S. The Labute approximate surface area is 307 Å². The molecule has 0 spiro atoms. The Kier molecular flexibility index (Phi) is 12.4. The van der Waals surface area contributed by atoms with Gasteiger partial charge in [0, 0.05) is 36.1 Å². The molecule has 3 aliphatic heterocycles. The van der Waals surface area contributed by atoms with Gasteiger partial charge < -0.3 is 30.5 Å². The highest BCUT2D eigenvalue weighted by atomic mass is 32.1. The predicted molar refractivity (Wildman–Crippen MR) is 200 cm³/mol. The van der Waals surface area contributed by atoms with Crippen molar-refractivity contribution in [3.63, 3.8) is 0 Å². The first-order valence-electron chi connectivity index (χ1n) is 19.7. The van der Waals surface area contributed by atoms with Gasteiger partial charge in [-0.1, -0.05) is 18.2 Å². The molecule has 278 valence electrons. The van der Waals surface area contributed by atoms with Crippen LogP contribution in [0.1, 0.15) is 105 Å². The molecule has 3 fully saturated rings. The van der Waals surface area contributed by atoms with Crippen LogP contribution in [0.25, 0.3) is 0 Å². The minimum Gasteiger partial charge on any atom is -0.363 e. The number of piperidine rings is 1. The van der Waals surface area contributed by atoms with E-state index >= 15 is 0 Å². The van der Waals surface area contributed by atoms with E-state index in [-0.39, 0.29) is 42.2 Å². The normalized spacial score (nSPS) is 31.0. The molecule has 0 aromatic carbocycles. The summed E-state index contributed by atoms with van der Waals surface area (Å²) in [6.07, 6.45) is 23.5. The van der Waals surface area contributed by atoms with Gasteiger partial charge in [0.05, 0.1) is 17.0 Å². The minimum absolute atomic E-state index is 0.0139. The molecule has 51 heavy (non-hydrogen) atoms. The van der Waals surface area contributed by atoms with Crippen molar-refractivity contribution in [2.75, 3.05) is 32.7 Å². The third kappa shape index (κ3) is 9.77. The maximum absolute atomic E-state index is 14.5. The second-order valence-corrected chi connectivity index (χ2v) is 16.7. The van der Waals surface area contributed by atoms with Gasteiger partial charge in [0.15, 0.2) is 0 Å². The van der Waals surface area contributed by atoms with Gasteiger partial charge in [0.2, 0.25) is 5.91 Å². The lowest BCUT2D eigenvalue weighted by Crippen LogP contribution is -2.51. The number of amides is 2. The van der Waals surface area contributed by atoms with Crippen LogP contribution in [-0.2, 0) is 9.53 Å². The number of hydrogen-bond acceptors (Lipinski definition) is 8. The number of carbonyl (C=O) groups is 2. The lowest BCUT2D eigenvalue weighted by molar-refractivity contribution is -0.134. The minimum atomic E-state index is -0.663. The first kappa shape index (κ1) is 36.5. The van der Waals surface area contributed by atoms with Gasteiger partial charge >= 0.3 is 0 Å². The average molecular weight is 721 g/mol. The van der Waals surface area contributed by atoms with Crippen molar-refractivity contribution in [1.82, 2.24) is 30.7 Å². The molecule has 0 radical (unpaired) electrons. The van der Waals surface area contributed by atoms with E-state index in [9.17, 15) is 14.0 Å². The zero-order valence-corrected chi connectivity index (χ0v) is 31.1. The number of nitrogens with one attached hydrogen (secondary N) is 3. The van der Waals surface area contributed by atoms with E-state index in [2.05, 4.69) is 55.0 Å². The van der Waals surface area contributed by atoms with Gasteiger partial charge in [0.25, 0.3) is 5.91 Å². The van der Waals surface area contributed by atoms with Crippen LogP contribution in [0.5, 0.6) is 0 Å². The molecule has 1 aromatic rings. The topological polar surface area (TPSA) is 98.8 Å². The number of rotatable bonds is 11. The monoisotopic (exact) mass is 720 g/mol. The van der Waals surface area contributed by atoms with Gasteiger partial charge in [-0.2, -0.15) is 0 Å². The summed E-state index contributed by atoms with van der Waals surface area (Å²) in [4.78, 5) is 35.8. The molecule has 9 nitrogen and oxygen atoms in total. The Morgan fingerprint density at radius 3 is 2.49 bits per heavy atom. The largest absolute Gasteiger partial charge is 0.363 e. The molecule has 1 aromatic heterocycles. The van der Waals surface area contributed by atoms with Gasteiger partial charge in [-0.25, -0.2) is 9.37 Å². The molecule has 4 heterocycles. The highest BCUT2D eigenvalue weighted by Gasteiger charge is 2.36. The Bertz CT molecular complexity index is 1480. The molecule has 7 rings (SSSR count). The number of likely N-dealkylation sites (tertiary alicyclic amines) is 2. The van der Waals surface area contributed by atoms with Gasteiger partial charge in [-0.05, 0) is 146 Å². The van der Waals surface area contributed by atoms with Gasteiger partial charge in [-0.3, -0.25) is 9.59 Å². The summed E-state index contributed by atoms with van der Waals surface area (Å²) in [6, 6.07) is 0.860. The van der Waals surface area contributed by atoms with Crippen molar-refractivity contribution in [2.24, 2.45) is 11.8 Å². The standard InChI is InChI=1S/C40H57FN6O3S/c1-27-43-37(26-51-27)39(49)45-33-13-11-32(12-14-33)44-38(48)36-24-31(41)25-42-40(36)50-35-6-4-5-30(23-35)29-9-7-28(8-10-29)15-20-46-21-16-34(17-22-46)47-18-2-3-19-47/h4-5,9,23,25-26,28,32-36,40,42H,2-3,6-8,10-22,24H2,1H3,(H,44,48)(H,45,49)/t28?,32?,33?,35?,36-,40+/m0/s1. The third-order valence-electron chi connectivity index (χ3n) is 12.1. The van der Waals surface area contributed by atoms with Gasteiger partial charge in [0.1, 0.15) is 17.7 Å². The Balaban J connectivity index is 0.855. The first-order chi connectivity index (χ1) is 24.9. The van der Waals surface area contributed by atoms with Crippen LogP contribution in [-0.4, -0.2) is 89.8 Å². The fourth-order valence-electron chi connectivity index (χ4n) is 8.99. The number of hydrogen-bond donors (Lipinski definition) is 3. The summed E-state index contributed by atoms with van der Waals surface area (Å²) in [5.41, 5.74) is 3.08. The van der Waals surface area contributed by atoms with E-state index in [1.807, 2.05) is 6.92 Å². The third-order valence-corrected chi connectivity index (χ3v) is 12.9. The van der Waals surface area contributed by atoms with Crippen LogP contribution in [0, 0.1) is 18.8 Å². The lowest BCUT2D eigenvalue weighted by atomic mass is 9.83. The smallest absolute Gasteiger partial charge is 0.270 e. The fourth-order valence-corrected chi connectivity index (χ4v) is 9.58. The van der Waals surface area contributed by atoms with Crippen molar-refractivity contribution in [1.29, 1.82) is 0 Å². The molecule has 3 N–H and O–H groups in total. The van der Waals surface area contributed by atoms with Crippen molar-refractivity contribution < 1.29 is 18.7 Å². The zero-order chi connectivity index (χ0) is 35.2. The maximum Gasteiger partial charge on any atom is 0.270 e. The van der Waals surface area contributed by atoms with E-state index < -0.39 is 12.1 Å². The molecule has 2 saturated heterocycles. The molecular weight excluding hydrogens is 664 g/mol. The Morgan fingerprint density at radius 2 is 1.78 bits per heavy atom. The molecule has 2 amide bonds. The first-order valence-corrected chi connectivity index (χ1v) is 20.6. The van der Waals surface area contributed by atoms with Crippen LogP contribution in [0.3, 0.4) is 0 Å². The van der Waals surface area contributed by atoms with E-state index in [4.69, 9.17) is 4.74 Å². The van der Waals surface area contributed by atoms with Crippen LogP contribution in [0.15, 0.2) is 52.9 Å². The number of aryl methyl sites for hydroxylation is 1. The number of halogens is 1. The summed E-state index contributed by atoms with van der Waals surface area (Å²) in [7, 11) is 0. The molecule has 2 unspecified atom stereocenters. The number of carbonyl (C=O) groups excluding carboxylic acids is 2. The van der Waals surface area contributed by atoms with Crippen LogP contribution in [0.2, 0.25) is 0 Å². The van der Waals surface area contributed by atoms with Crippen molar-refractivity contribution in [3.05, 3.63) is 63.6 Å². The molecule has 11 heteroatoms. The summed E-state index contributed by atoms with van der Waals surface area (Å²) in [5, 5.41) is 12.0. The summed E-state index contributed by atoms with van der Waals surface area (Å²) in [6.45, 7) is 8.25. The predicted octanol–water partition coefficient (Wildman–Crippen LogP) is 6.30. The van der Waals surface area contributed by atoms with E-state index in [1.165, 1.54) is 99.9 Å². The summed E-state index contributed by atoms with van der Waals surface area (Å²) >= 11 is 1.46. The SMILES string of the molecule is Cc1nc(C(=O)NC2CCC(NC(=O)[C@@H]3CC(F)=CN[C@@H]3OC3C=C(C4=CCC(CCN5CCC(N6CCCC6)CC5)CC4)C=CC3)CC2)cs1. The van der Waals surface area contributed by atoms with Crippen molar-refractivity contribution >= 4 is 23.2 Å². The van der Waals surface area contributed by atoms with Crippen molar-refractivity contribution in [3.8, 4) is 0 Å².